The van der Waals surface area contributed by atoms with E-state index >= 15 is 0 Å². The standard InChI is InChI=1S/C24H28Cl2N2O2/c1-2-22(24(30)27-20-10-6-7-11-20)28(16-17-8-4-3-5-9-17)23(29)14-18-12-13-19(25)15-21(18)26/h3-5,8-9,12-13,15,20,22H,2,6-7,10-11,14,16H2,1H3,(H,27,30)/t22-/m0/s1. The van der Waals surface area contributed by atoms with Crippen molar-refractivity contribution in [3.8, 4) is 0 Å². The first-order valence-electron chi connectivity index (χ1n) is 10.6. The van der Waals surface area contributed by atoms with Crippen LogP contribution in [0.2, 0.25) is 10.0 Å². The number of rotatable bonds is 8. The van der Waals surface area contributed by atoms with Crippen LogP contribution < -0.4 is 5.32 Å². The molecule has 160 valence electrons. The molecule has 2 amide bonds. The van der Waals surface area contributed by atoms with Crippen molar-refractivity contribution in [1.29, 1.82) is 0 Å². The van der Waals surface area contributed by atoms with E-state index in [1.54, 1.807) is 23.1 Å². The Balaban J connectivity index is 1.81. The second-order valence-corrected chi connectivity index (χ2v) is 8.68. The maximum absolute atomic E-state index is 13.4. The summed E-state index contributed by atoms with van der Waals surface area (Å²) in [4.78, 5) is 28.1. The first-order valence-corrected chi connectivity index (χ1v) is 11.3. The van der Waals surface area contributed by atoms with E-state index in [0.717, 1.165) is 31.2 Å². The topological polar surface area (TPSA) is 49.4 Å². The van der Waals surface area contributed by atoms with Gasteiger partial charge in [0, 0.05) is 22.6 Å². The predicted molar refractivity (Wildman–Crippen MR) is 122 cm³/mol. The number of benzene rings is 2. The highest BCUT2D eigenvalue weighted by Crippen LogP contribution is 2.23. The molecule has 1 aliphatic rings. The number of carbonyl (C=O) groups excluding carboxylic acids is 2. The molecule has 1 saturated carbocycles. The maximum atomic E-state index is 13.4. The minimum absolute atomic E-state index is 0.0733. The highest BCUT2D eigenvalue weighted by molar-refractivity contribution is 6.35. The van der Waals surface area contributed by atoms with Gasteiger partial charge in [-0.25, -0.2) is 0 Å². The van der Waals surface area contributed by atoms with Crippen molar-refractivity contribution in [3.63, 3.8) is 0 Å². The molecule has 0 radical (unpaired) electrons. The normalized spacial score (nSPS) is 15.0. The summed E-state index contributed by atoms with van der Waals surface area (Å²) in [6, 6.07) is 14.6. The Morgan fingerprint density at radius 3 is 2.43 bits per heavy atom. The van der Waals surface area contributed by atoms with Gasteiger partial charge in [0.15, 0.2) is 0 Å². The van der Waals surface area contributed by atoms with Gasteiger partial charge in [-0.05, 0) is 42.5 Å². The SMILES string of the molecule is CC[C@@H](C(=O)NC1CCCC1)N(Cc1ccccc1)C(=O)Cc1ccc(Cl)cc1Cl. The summed E-state index contributed by atoms with van der Waals surface area (Å²) in [6.07, 6.45) is 4.97. The molecule has 3 rings (SSSR count). The van der Waals surface area contributed by atoms with Gasteiger partial charge in [-0.2, -0.15) is 0 Å². The van der Waals surface area contributed by atoms with Gasteiger partial charge in [-0.3, -0.25) is 9.59 Å². The molecule has 4 nitrogen and oxygen atoms in total. The molecule has 1 atom stereocenters. The van der Waals surface area contributed by atoms with Gasteiger partial charge in [0.05, 0.1) is 6.42 Å². The fourth-order valence-corrected chi connectivity index (χ4v) is 4.47. The Labute approximate surface area is 188 Å². The number of hydrogen-bond donors (Lipinski definition) is 1. The molecule has 6 heteroatoms. The molecule has 2 aromatic rings. The highest BCUT2D eigenvalue weighted by Gasteiger charge is 2.30. The fourth-order valence-electron chi connectivity index (χ4n) is 4.00. The molecule has 0 aromatic heterocycles. The predicted octanol–water partition coefficient (Wildman–Crippen LogP) is 5.40. The van der Waals surface area contributed by atoms with E-state index in [-0.39, 0.29) is 24.3 Å². The molecule has 0 unspecified atom stereocenters. The molecular weight excluding hydrogens is 419 g/mol. The summed E-state index contributed by atoms with van der Waals surface area (Å²) in [7, 11) is 0. The lowest BCUT2D eigenvalue weighted by Crippen LogP contribution is -2.51. The van der Waals surface area contributed by atoms with Crippen molar-refractivity contribution in [2.75, 3.05) is 0 Å². The third-order valence-corrected chi connectivity index (χ3v) is 6.23. The molecule has 1 fully saturated rings. The van der Waals surface area contributed by atoms with Gasteiger partial charge < -0.3 is 10.2 Å². The second kappa shape index (κ2) is 10.8. The van der Waals surface area contributed by atoms with E-state index in [2.05, 4.69) is 5.32 Å². The van der Waals surface area contributed by atoms with Gasteiger partial charge in [-0.1, -0.05) is 79.4 Å². The van der Waals surface area contributed by atoms with E-state index in [1.165, 1.54) is 0 Å². The van der Waals surface area contributed by atoms with Gasteiger partial charge in [0.25, 0.3) is 0 Å². The largest absolute Gasteiger partial charge is 0.352 e. The van der Waals surface area contributed by atoms with Gasteiger partial charge in [-0.15, -0.1) is 0 Å². The second-order valence-electron chi connectivity index (χ2n) is 7.83. The Bertz CT molecular complexity index is 867. The average Bonchev–Trinajstić information content (AvgIpc) is 3.23. The summed E-state index contributed by atoms with van der Waals surface area (Å²) in [5.74, 6) is -0.201. The van der Waals surface area contributed by atoms with E-state index in [0.29, 0.717) is 28.6 Å². The smallest absolute Gasteiger partial charge is 0.243 e. The van der Waals surface area contributed by atoms with Crippen LogP contribution in [-0.4, -0.2) is 28.8 Å². The average molecular weight is 447 g/mol. The number of nitrogens with zero attached hydrogens (tertiary/aromatic N) is 1. The van der Waals surface area contributed by atoms with Crippen LogP contribution >= 0.6 is 23.2 Å². The molecule has 0 aliphatic heterocycles. The molecule has 0 saturated heterocycles. The van der Waals surface area contributed by atoms with Crippen LogP contribution in [0, 0.1) is 0 Å². The van der Waals surface area contributed by atoms with Gasteiger partial charge in [0.2, 0.25) is 11.8 Å². The molecule has 1 N–H and O–H groups in total. The van der Waals surface area contributed by atoms with Crippen molar-refractivity contribution in [3.05, 3.63) is 69.7 Å². The zero-order valence-electron chi connectivity index (χ0n) is 17.2. The van der Waals surface area contributed by atoms with Crippen molar-refractivity contribution >= 4 is 35.0 Å². The fraction of sp³-hybridized carbons (Fsp3) is 0.417. The quantitative estimate of drug-likeness (QED) is 0.589. The number of halogens is 2. The van der Waals surface area contributed by atoms with E-state index < -0.39 is 6.04 Å². The number of amides is 2. The van der Waals surface area contributed by atoms with Gasteiger partial charge in [0.1, 0.15) is 6.04 Å². The van der Waals surface area contributed by atoms with Crippen LogP contribution in [-0.2, 0) is 22.6 Å². The molecule has 0 bridgehead atoms. The number of carbonyl (C=O) groups is 2. The van der Waals surface area contributed by atoms with Crippen LogP contribution in [0.15, 0.2) is 48.5 Å². The molecule has 0 spiro atoms. The lowest BCUT2D eigenvalue weighted by molar-refractivity contribution is -0.141. The highest BCUT2D eigenvalue weighted by atomic mass is 35.5. The van der Waals surface area contributed by atoms with Crippen LogP contribution in [0.4, 0.5) is 0 Å². The van der Waals surface area contributed by atoms with Crippen LogP contribution in [0.1, 0.15) is 50.2 Å². The Morgan fingerprint density at radius 2 is 1.80 bits per heavy atom. The zero-order chi connectivity index (χ0) is 21.5. The summed E-state index contributed by atoms with van der Waals surface area (Å²) in [5.41, 5.74) is 1.69. The molecular formula is C24H28Cl2N2O2. The van der Waals surface area contributed by atoms with Crippen molar-refractivity contribution < 1.29 is 9.59 Å². The number of hydrogen-bond acceptors (Lipinski definition) is 2. The third kappa shape index (κ3) is 5.99. The maximum Gasteiger partial charge on any atom is 0.243 e. The minimum atomic E-state index is -0.524. The van der Waals surface area contributed by atoms with Crippen molar-refractivity contribution in [2.24, 2.45) is 0 Å². The Kier molecular flexibility index (Phi) is 8.17. The van der Waals surface area contributed by atoms with Crippen LogP contribution in [0.5, 0.6) is 0 Å². The van der Waals surface area contributed by atoms with Crippen molar-refractivity contribution in [2.45, 2.75) is 64.1 Å². The minimum Gasteiger partial charge on any atom is -0.352 e. The first kappa shape index (κ1) is 22.6. The van der Waals surface area contributed by atoms with Crippen molar-refractivity contribution in [1.82, 2.24) is 10.2 Å². The summed E-state index contributed by atoms with van der Waals surface area (Å²) in [6.45, 7) is 2.32. The molecule has 30 heavy (non-hydrogen) atoms. The lowest BCUT2D eigenvalue weighted by atomic mass is 10.1. The summed E-state index contributed by atoms with van der Waals surface area (Å²) >= 11 is 12.3. The van der Waals surface area contributed by atoms with Gasteiger partial charge >= 0.3 is 0 Å². The Hall–Kier alpha value is -2.04. The zero-order valence-corrected chi connectivity index (χ0v) is 18.8. The molecule has 0 heterocycles. The van der Waals surface area contributed by atoms with Crippen LogP contribution in [0.3, 0.4) is 0 Å². The monoisotopic (exact) mass is 446 g/mol. The molecule has 1 aliphatic carbocycles. The van der Waals surface area contributed by atoms with E-state index in [9.17, 15) is 9.59 Å². The summed E-state index contributed by atoms with van der Waals surface area (Å²) in [5, 5.41) is 4.14. The lowest BCUT2D eigenvalue weighted by Gasteiger charge is -2.31. The van der Waals surface area contributed by atoms with E-state index in [1.807, 2.05) is 37.3 Å². The molecule has 2 aromatic carbocycles. The Morgan fingerprint density at radius 1 is 1.10 bits per heavy atom. The summed E-state index contributed by atoms with van der Waals surface area (Å²) < 4.78 is 0. The first-order chi connectivity index (χ1) is 14.5. The number of nitrogens with one attached hydrogen (secondary N) is 1. The third-order valence-electron chi connectivity index (χ3n) is 5.64. The van der Waals surface area contributed by atoms with Crippen LogP contribution in [0.25, 0.3) is 0 Å². The van der Waals surface area contributed by atoms with E-state index in [4.69, 9.17) is 23.2 Å².